The lowest BCUT2D eigenvalue weighted by Crippen LogP contribution is -2.48. The third-order valence-electron chi connectivity index (χ3n) is 3.39. The highest BCUT2D eigenvalue weighted by Crippen LogP contribution is 2.12. The molecule has 1 rings (SSSR count). The quantitative estimate of drug-likeness (QED) is 0.683. The lowest BCUT2D eigenvalue weighted by Gasteiger charge is -2.22. The molecule has 0 saturated heterocycles. The average Bonchev–Trinajstić information content (AvgIpc) is 2.38. The van der Waals surface area contributed by atoms with Gasteiger partial charge in [-0.15, -0.1) is 0 Å². The molecule has 5 heteroatoms. The first-order valence-corrected chi connectivity index (χ1v) is 7.07. The fraction of sp³-hybridized carbons (Fsp3) is 0.500. The van der Waals surface area contributed by atoms with Crippen molar-refractivity contribution in [1.82, 2.24) is 5.32 Å². The first-order chi connectivity index (χ1) is 9.81. The molecule has 2 atom stereocenters. The average molecular weight is 293 g/mol. The van der Waals surface area contributed by atoms with E-state index in [1.807, 2.05) is 45.0 Å². The van der Waals surface area contributed by atoms with Gasteiger partial charge in [-0.25, -0.2) is 0 Å². The van der Waals surface area contributed by atoms with Gasteiger partial charge in [0.15, 0.2) is 0 Å². The normalized spacial score (nSPS) is 13.9. The predicted molar refractivity (Wildman–Crippen MR) is 80.3 cm³/mol. The second kappa shape index (κ2) is 7.78. The fourth-order valence-corrected chi connectivity index (χ4v) is 2.23. The van der Waals surface area contributed by atoms with Crippen LogP contribution in [0.15, 0.2) is 24.3 Å². The molecule has 1 aromatic carbocycles. The Labute approximate surface area is 125 Å². The van der Waals surface area contributed by atoms with Crippen LogP contribution >= 0.6 is 0 Å². The van der Waals surface area contributed by atoms with Crippen LogP contribution in [-0.4, -0.2) is 34.2 Å². The molecule has 0 spiro atoms. The van der Waals surface area contributed by atoms with E-state index in [4.69, 9.17) is 0 Å². The van der Waals surface area contributed by atoms with Gasteiger partial charge in [-0.1, -0.05) is 38.1 Å². The van der Waals surface area contributed by atoms with Gasteiger partial charge < -0.3 is 10.2 Å². The Morgan fingerprint density at radius 2 is 1.67 bits per heavy atom. The van der Waals surface area contributed by atoms with Gasteiger partial charge in [0.25, 0.3) is 0 Å². The van der Waals surface area contributed by atoms with Gasteiger partial charge in [-0.2, -0.15) is 0 Å². The molecule has 5 nitrogen and oxygen atoms in total. The summed E-state index contributed by atoms with van der Waals surface area (Å²) in [6.45, 7) is 5.74. The van der Waals surface area contributed by atoms with E-state index in [9.17, 15) is 19.8 Å². The second-order valence-electron chi connectivity index (χ2n) is 5.71. The molecule has 0 heterocycles. The topological polar surface area (TPSA) is 86.6 Å². The molecule has 0 aliphatic heterocycles. The zero-order chi connectivity index (χ0) is 16.0. The molecule has 0 radical (unpaired) electrons. The maximum atomic E-state index is 11.4. The Morgan fingerprint density at radius 3 is 2.14 bits per heavy atom. The fourth-order valence-electron chi connectivity index (χ4n) is 2.23. The third kappa shape index (κ3) is 5.55. The summed E-state index contributed by atoms with van der Waals surface area (Å²) >= 11 is 0. The molecule has 0 fully saturated rings. The van der Waals surface area contributed by atoms with Crippen LogP contribution in [0.4, 0.5) is 0 Å². The van der Waals surface area contributed by atoms with Gasteiger partial charge in [0.2, 0.25) is 0 Å². The smallest absolute Gasteiger partial charge is 0.321 e. The van der Waals surface area contributed by atoms with Crippen molar-refractivity contribution in [2.75, 3.05) is 0 Å². The molecule has 0 bridgehead atoms. The molecule has 21 heavy (non-hydrogen) atoms. The minimum absolute atomic E-state index is 0.173. The molecule has 3 N–H and O–H groups in total. The number of benzene rings is 1. The van der Waals surface area contributed by atoms with E-state index in [0.29, 0.717) is 6.42 Å². The summed E-state index contributed by atoms with van der Waals surface area (Å²) < 4.78 is 0. The number of carboxylic acid groups (broad SMARTS) is 2. The Hall–Kier alpha value is -1.88. The minimum atomic E-state index is -1.03. The van der Waals surface area contributed by atoms with Crippen molar-refractivity contribution < 1.29 is 19.8 Å². The number of hydrogen-bond donors (Lipinski definition) is 3. The van der Waals surface area contributed by atoms with Crippen molar-refractivity contribution in [2.45, 2.75) is 45.7 Å². The molecule has 1 aromatic rings. The predicted octanol–water partition coefficient (Wildman–Crippen LogP) is 2.08. The summed E-state index contributed by atoms with van der Waals surface area (Å²) in [5, 5.41) is 21.3. The molecular formula is C16H23NO4. The monoisotopic (exact) mass is 293 g/mol. The van der Waals surface area contributed by atoms with E-state index in [2.05, 4.69) is 5.32 Å². The Kier molecular flexibility index (Phi) is 6.37. The first kappa shape index (κ1) is 17.2. The van der Waals surface area contributed by atoms with Crippen LogP contribution in [0.5, 0.6) is 0 Å². The second-order valence-corrected chi connectivity index (χ2v) is 5.71. The van der Waals surface area contributed by atoms with Gasteiger partial charge in [-0.3, -0.25) is 14.9 Å². The van der Waals surface area contributed by atoms with Crippen molar-refractivity contribution in [3.05, 3.63) is 35.4 Å². The van der Waals surface area contributed by atoms with Gasteiger partial charge in [0.1, 0.15) is 12.1 Å². The van der Waals surface area contributed by atoms with Crippen molar-refractivity contribution in [3.8, 4) is 0 Å². The molecule has 0 aromatic heterocycles. The van der Waals surface area contributed by atoms with E-state index >= 15 is 0 Å². The minimum Gasteiger partial charge on any atom is -0.480 e. The van der Waals surface area contributed by atoms with Crippen LogP contribution in [0.1, 0.15) is 31.4 Å². The summed E-state index contributed by atoms with van der Waals surface area (Å²) in [6, 6.07) is 5.76. The number of carboxylic acids is 2. The van der Waals surface area contributed by atoms with Crippen molar-refractivity contribution in [2.24, 2.45) is 5.92 Å². The van der Waals surface area contributed by atoms with Crippen LogP contribution in [0.2, 0.25) is 0 Å². The first-order valence-electron chi connectivity index (χ1n) is 7.07. The van der Waals surface area contributed by atoms with Crippen LogP contribution in [-0.2, 0) is 16.0 Å². The van der Waals surface area contributed by atoms with Crippen LogP contribution in [0.25, 0.3) is 0 Å². The molecule has 0 amide bonds. The van der Waals surface area contributed by atoms with E-state index < -0.39 is 24.0 Å². The highest BCUT2D eigenvalue weighted by atomic mass is 16.4. The number of rotatable bonds is 8. The zero-order valence-electron chi connectivity index (χ0n) is 12.7. The molecule has 0 aliphatic rings. The van der Waals surface area contributed by atoms with Gasteiger partial charge >= 0.3 is 11.9 Å². The standard InChI is InChI=1S/C16H23NO4/c1-10(2)8-13(15(18)19)17-14(16(20)21)9-12-7-5-4-6-11(12)3/h4-7,10,13-14,17H,8-9H2,1-3H3,(H,18,19)(H,20,21)/t13-,14-/m0/s1. The Balaban J connectivity index is 2.84. The molecular weight excluding hydrogens is 270 g/mol. The maximum absolute atomic E-state index is 11.4. The number of hydrogen-bond acceptors (Lipinski definition) is 3. The van der Waals surface area contributed by atoms with E-state index in [1.54, 1.807) is 0 Å². The third-order valence-corrected chi connectivity index (χ3v) is 3.39. The summed E-state index contributed by atoms with van der Waals surface area (Å²) in [6.07, 6.45) is 0.663. The van der Waals surface area contributed by atoms with Crippen molar-refractivity contribution in [1.29, 1.82) is 0 Å². The summed E-state index contributed by atoms with van der Waals surface area (Å²) in [5.41, 5.74) is 1.91. The van der Waals surface area contributed by atoms with Gasteiger partial charge in [0, 0.05) is 0 Å². The van der Waals surface area contributed by atoms with Gasteiger partial charge in [-0.05, 0) is 36.8 Å². The number of carbonyl (C=O) groups is 2. The summed E-state index contributed by atoms with van der Waals surface area (Å²) in [5.74, 6) is -1.88. The molecule has 116 valence electrons. The number of aliphatic carboxylic acids is 2. The van der Waals surface area contributed by atoms with Crippen LogP contribution in [0.3, 0.4) is 0 Å². The van der Waals surface area contributed by atoms with E-state index in [0.717, 1.165) is 11.1 Å². The van der Waals surface area contributed by atoms with E-state index in [1.165, 1.54) is 0 Å². The maximum Gasteiger partial charge on any atom is 0.321 e. The van der Waals surface area contributed by atoms with Gasteiger partial charge in [0.05, 0.1) is 0 Å². The molecule has 0 unspecified atom stereocenters. The molecule has 0 saturated carbocycles. The molecule has 0 aliphatic carbocycles. The van der Waals surface area contributed by atoms with E-state index in [-0.39, 0.29) is 12.3 Å². The summed E-state index contributed by atoms with van der Waals surface area (Å²) in [4.78, 5) is 22.7. The largest absolute Gasteiger partial charge is 0.480 e. The Morgan fingerprint density at radius 1 is 1.10 bits per heavy atom. The highest BCUT2D eigenvalue weighted by molar-refractivity contribution is 5.77. The lowest BCUT2D eigenvalue weighted by molar-refractivity contribution is -0.142. The summed E-state index contributed by atoms with van der Waals surface area (Å²) in [7, 11) is 0. The zero-order valence-corrected chi connectivity index (χ0v) is 12.7. The highest BCUT2D eigenvalue weighted by Gasteiger charge is 2.27. The number of nitrogens with one attached hydrogen (secondary N) is 1. The van der Waals surface area contributed by atoms with Crippen LogP contribution in [0, 0.1) is 12.8 Å². The van der Waals surface area contributed by atoms with Crippen molar-refractivity contribution in [3.63, 3.8) is 0 Å². The lowest BCUT2D eigenvalue weighted by atomic mass is 9.98. The Bertz CT molecular complexity index is 499. The number of aryl methyl sites for hydroxylation is 1. The SMILES string of the molecule is Cc1ccccc1C[C@H](N[C@@H](CC(C)C)C(=O)O)C(=O)O. The van der Waals surface area contributed by atoms with Crippen molar-refractivity contribution >= 4 is 11.9 Å². The van der Waals surface area contributed by atoms with Crippen LogP contribution < -0.4 is 5.32 Å².